The summed E-state index contributed by atoms with van der Waals surface area (Å²) in [6.07, 6.45) is 0.911. The molecule has 0 bridgehead atoms. The van der Waals surface area contributed by atoms with E-state index < -0.39 is 6.43 Å². The summed E-state index contributed by atoms with van der Waals surface area (Å²) in [7, 11) is 4.00. The highest BCUT2D eigenvalue weighted by molar-refractivity contribution is 5.85. The third-order valence-corrected chi connectivity index (χ3v) is 2.08. The average molecular weight is 305 g/mol. The van der Waals surface area contributed by atoms with Crippen LogP contribution in [0.25, 0.3) is 0 Å². The summed E-state index contributed by atoms with van der Waals surface area (Å²) < 4.78 is 25.4. The number of aromatic nitrogens is 2. The Morgan fingerprint density at radius 3 is 2.61 bits per heavy atom. The van der Waals surface area contributed by atoms with Gasteiger partial charge in [-0.25, -0.2) is 8.78 Å². The molecule has 1 rings (SSSR count). The second-order valence-electron chi connectivity index (χ2n) is 3.94. The fourth-order valence-electron chi connectivity index (χ4n) is 1.27. The highest BCUT2D eigenvalue weighted by atomic mass is 35.5. The third kappa shape index (κ3) is 8.63. The summed E-state index contributed by atoms with van der Waals surface area (Å²) in [6, 6.07) is 0. The molecule has 4 nitrogen and oxygen atoms in total. The zero-order valence-electron chi connectivity index (χ0n) is 10.5. The smallest absolute Gasteiger partial charge is 0.257 e. The molecule has 8 heteroatoms. The Hall–Kier alpha value is -0.430. The summed E-state index contributed by atoms with van der Waals surface area (Å²) >= 11 is 0. The lowest BCUT2D eigenvalue weighted by molar-refractivity contribution is 0.122. The van der Waals surface area contributed by atoms with Crippen molar-refractivity contribution in [3.8, 4) is 0 Å². The minimum atomic E-state index is -2.35. The summed E-state index contributed by atoms with van der Waals surface area (Å²) in [5, 5.41) is 7.07. The quantitative estimate of drug-likeness (QED) is 0.778. The molecule has 0 aromatic carbocycles. The summed E-state index contributed by atoms with van der Waals surface area (Å²) in [5.41, 5.74) is 0.930. The molecule has 0 unspecified atom stereocenters. The van der Waals surface area contributed by atoms with Crippen LogP contribution in [0.15, 0.2) is 12.4 Å². The van der Waals surface area contributed by atoms with Gasteiger partial charge < -0.3 is 10.2 Å². The molecule has 1 N–H and O–H groups in total. The molecule has 0 spiro atoms. The van der Waals surface area contributed by atoms with Gasteiger partial charge in [-0.05, 0) is 14.1 Å². The molecule has 0 saturated heterocycles. The van der Waals surface area contributed by atoms with Gasteiger partial charge in [-0.3, -0.25) is 4.68 Å². The van der Waals surface area contributed by atoms with Crippen LogP contribution in [0.2, 0.25) is 0 Å². The Morgan fingerprint density at radius 2 is 2.06 bits per heavy atom. The van der Waals surface area contributed by atoms with Gasteiger partial charge in [0.2, 0.25) is 0 Å². The number of rotatable bonds is 7. The van der Waals surface area contributed by atoms with Gasteiger partial charge in [0.15, 0.2) is 0 Å². The molecule has 0 aliphatic carbocycles. The van der Waals surface area contributed by atoms with E-state index in [-0.39, 0.29) is 31.4 Å². The number of hydrogen-bond acceptors (Lipinski definition) is 3. The van der Waals surface area contributed by atoms with Crippen molar-refractivity contribution in [2.24, 2.45) is 0 Å². The number of nitrogens with one attached hydrogen (secondary N) is 1. The molecule has 0 amide bonds. The van der Waals surface area contributed by atoms with Gasteiger partial charge in [0, 0.05) is 31.4 Å². The van der Waals surface area contributed by atoms with Gasteiger partial charge in [0.1, 0.15) is 6.54 Å². The number of halogens is 4. The second kappa shape index (κ2) is 10.5. The molecule has 0 fully saturated rings. The fraction of sp³-hybridized carbons (Fsp3) is 0.700. The normalized spacial score (nSPS) is 10.3. The maximum atomic E-state index is 12.0. The monoisotopic (exact) mass is 304 g/mol. The van der Waals surface area contributed by atoms with E-state index in [1.807, 2.05) is 14.1 Å². The van der Waals surface area contributed by atoms with Crippen LogP contribution in [0.3, 0.4) is 0 Å². The Kier molecular flexibility index (Phi) is 11.6. The Bertz CT molecular complexity index is 308. The third-order valence-electron chi connectivity index (χ3n) is 2.08. The van der Waals surface area contributed by atoms with E-state index in [1.165, 1.54) is 4.68 Å². The lowest BCUT2D eigenvalue weighted by Gasteiger charge is -2.09. The lowest BCUT2D eigenvalue weighted by Crippen LogP contribution is -2.26. The van der Waals surface area contributed by atoms with Gasteiger partial charge in [-0.15, -0.1) is 24.8 Å². The first-order valence-electron chi connectivity index (χ1n) is 5.23. The molecule has 0 aliphatic heterocycles. The molecule has 18 heavy (non-hydrogen) atoms. The van der Waals surface area contributed by atoms with E-state index >= 15 is 0 Å². The van der Waals surface area contributed by atoms with Crippen LogP contribution in [-0.2, 0) is 13.1 Å². The standard InChI is InChI=1S/C10H18F2N4.2ClH/c1-15(2)4-3-13-5-9-6-14-16(7-9)8-10(11)12;;/h6-7,10,13H,3-5,8H2,1-2H3;2*1H. The summed E-state index contributed by atoms with van der Waals surface area (Å²) in [4.78, 5) is 2.08. The average Bonchev–Trinajstić information content (AvgIpc) is 2.59. The minimum absolute atomic E-state index is 0. The number of alkyl halides is 2. The van der Waals surface area contributed by atoms with E-state index in [4.69, 9.17) is 0 Å². The SMILES string of the molecule is CN(C)CCNCc1cnn(CC(F)F)c1.Cl.Cl. The lowest BCUT2D eigenvalue weighted by atomic mass is 10.3. The molecule has 0 aliphatic rings. The van der Waals surface area contributed by atoms with E-state index in [1.54, 1.807) is 12.4 Å². The van der Waals surface area contributed by atoms with Crippen LogP contribution < -0.4 is 5.32 Å². The molecule has 0 saturated carbocycles. The predicted molar refractivity (Wildman–Crippen MR) is 73.0 cm³/mol. The first kappa shape index (κ1) is 19.9. The Labute approximate surface area is 119 Å². The van der Waals surface area contributed by atoms with E-state index in [9.17, 15) is 8.78 Å². The molecule has 108 valence electrons. The van der Waals surface area contributed by atoms with Crippen LogP contribution in [0.4, 0.5) is 8.78 Å². The molecular weight excluding hydrogens is 285 g/mol. The van der Waals surface area contributed by atoms with Crippen molar-refractivity contribution in [3.63, 3.8) is 0 Å². The van der Waals surface area contributed by atoms with Crippen LogP contribution in [-0.4, -0.2) is 48.3 Å². The predicted octanol–water partition coefficient (Wildman–Crippen LogP) is 1.64. The first-order valence-corrected chi connectivity index (χ1v) is 5.23. The number of likely N-dealkylation sites (N-methyl/N-ethyl adjacent to an activating group) is 1. The van der Waals surface area contributed by atoms with Crippen LogP contribution >= 0.6 is 24.8 Å². The maximum Gasteiger partial charge on any atom is 0.257 e. The zero-order chi connectivity index (χ0) is 12.0. The van der Waals surface area contributed by atoms with Gasteiger partial charge in [0.25, 0.3) is 6.43 Å². The highest BCUT2D eigenvalue weighted by Crippen LogP contribution is 2.01. The second-order valence-corrected chi connectivity index (χ2v) is 3.94. The van der Waals surface area contributed by atoms with Crippen molar-refractivity contribution in [1.29, 1.82) is 0 Å². The molecular formula is C10H20Cl2F2N4. The molecule has 0 radical (unpaired) electrons. The summed E-state index contributed by atoms with van der Waals surface area (Å²) in [5.74, 6) is 0. The molecule has 1 aromatic rings. The van der Waals surface area contributed by atoms with Crippen LogP contribution in [0.1, 0.15) is 5.56 Å². The highest BCUT2D eigenvalue weighted by Gasteiger charge is 2.05. The maximum absolute atomic E-state index is 12.0. The van der Waals surface area contributed by atoms with Crippen LogP contribution in [0, 0.1) is 0 Å². The van der Waals surface area contributed by atoms with Crippen molar-refractivity contribution in [2.45, 2.75) is 19.5 Å². The number of hydrogen-bond donors (Lipinski definition) is 1. The van der Waals surface area contributed by atoms with Crippen molar-refractivity contribution >= 4 is 24.8 Å². The van der Waals surface area contributed by atoms with Crippen LogP contribution in [0.5, 0.6) is 0 Å². The first-order chi connectivity index (χ1) is 7.58. The van der Waals surface area contributed by atoms with E-state index in [0.29, 0.717) is 6.54 Å². The largest absolute Gasteiger partial charge is 0.311 e. The van der Waals surface area contributed by atoms with Crippen molar-refractivity contribution in [2.75, 3.05) is 27.2 Å². The van der Waals surface area contributed by atoms with Gasteiger partial charge in [-0.2, -0.15) is 5.10 Å². The van der Waals surface area contributed by atoms with Crippen molar-refractivity contribution in [1.82, 2.24) is 20.0 Å². The van der Waals surface area contributed by atoms with Crippen molar-refractivity contribution in [3.05, 3.63) is 18.0 Å². The summed E-state index contributed by atoms with van der Waals surface area (Å²) in [6.45, 7) is 2.15. The topological polar surface area (TPSA) is 33.1 Å². The number of nitrogens with zero attached hydrogens (tertiary/aromatic N) is 3. The Balaban J connectivity index is 0. The molecule has 1 heterocycles. The molecule has 0 atom stereocenters. The minimum Gasteiger partial charge on any atom is -0.311 e. The molecule has 1 aromatic heterocycles. The van der Waals surface area contributed by atoms with Gasteiger partial charge >= 0.3 is 0 Å². The zero-order valence-corrected chi connectivity index (χ0v) is 12.1. The fourth-order valence-corrected chi connectivity index (χ4v) is 1.27. The Morgan fingerprint density at radius 1 is 1.39 bits per heavy atom. The van der Waals surface area contributed by atoms with Gasteiger partial charge in [-0.1, -0.05) is 0 Å². The van der Waals surface area contributed by atoms with E-state index in [0.717, 1.165) is 18.7 Å². The van der Waals surface area contributed by atoms with Crippen molar-refractivity contribution < 1.29 is 8.78 Å². The van der Waals surface area contributed by atoms with Gasteiger partial charge in [0.05, 0.1) is 6.20 Å². The van der Waals surface area contributed by atoms with E-state index in [2.05, 4.69) is 15.3 Å².